The standard InChI is InChI=1S/C12H16Br2O2/c1-4-5-9(13)8-6-12(16-3)10(14)7-11(8)15-2/h6-7,9H,4-5H2,1-3H3. The number of methoxy groups -OCH3 is 2. The van der Waals surface area contributed by atoms with Gasteiger partial charge in [0.1, 0.15) is 11.5 Å². The van der Waals surface area contributed by atoms with E-state index in [1.165, 1.54) is 0 Å². The molecule has 0 N–H and O–H groups in total. The van der Waals surface area contributed by atoms with Gasteiger partial charge in [0.15, 0.2) is 0 Å². The fourth-order valence-electron chi connectivity index (χ4n) is 1.54. The maximum absolute atomic E-state index is 5.38. The lowest BCUT2D eigenvalue weighted by molar-refractivity contribution is 0.396. The van der Waals surface area contributed by atoms with Crippen LogP contribution in [0.2, 0.25) is 0 Å². The molecular formula is C12H16Br2O2. The Morgan fingerprint density at radius 2 is 1.81 bits per heavy atom. The minimum absolute atomic E-state index is 0.300. The summed E-state index contributed by atoms with van der Waals surface area (Å²) in [5, 5.41) is 0. The highest BCUT2D eigenvalue weighted by atomic mass is 79.9. The Bertz CT molecular complexity index is 353. The van der Waals surface area contributed by atoms with Gasteiger partial charge in [0, 0.05) is 10.4 Å². The van der Waals surface area contributed by atoms with Crippen molar-refractivity contribution in [2.45, 2.75) is 24.6 Å². The molecule has 0 fully saturated rings. The molecule has 0 heterocycles. The molecule has 1 aromatic carbocycles. The van der Waals surface area contributed by atoms with Crippen LogP contribution in [0.5, 0.6) is 11.5 Å². The molecule has 0 saturated carbocycles. The molecule has 90 valence electrons. The molecule has 0 aliphatic carbocycles. The first-order valence-corrected chi connectivity index (χ1v) is 6.90. The van der Waals surface area contributed by atoms with Gasteiger partial charge in [0.2, 0.25) is 0 Å². The molecule has 0 aromatic heterocycles. The van der Waals surface area contributed by atoms with Crippen LogP contribution in [0.1, 0.15) is 30.2 Å². The van der Waals surface area contributed by atoms with Crippen LogP contribution in [0.3, 0.4) is 0 Å². The molecule has 0 spiro atoms. The highest BCUT2D eigenvalue weighted by molar-refractivity contribution is 9.10. The molecule has 0 amide bonds. The van der Waals surface area contributed by atoms with Crippen LogP contribution in [0.25, 0.3) is 0 Å². The molecule has 0 aliphatic heterocycles. The van der Waals surface area contributed by atoms with E-state index in [2.05, 4.69) is 38.8 Å². The van der Waals surface area contributed by atoms with E-state index in [1.54, 1.807) is 14.2 Å². The Morgan fingerprint density at radius 1 is 1.19 bits per heavy atom. The highest BCUT2D eigenvalue weighted by Crippen LogP contribution is 2.40. The Hall–Kier alpha value is -0.220. The van der Waals surface area contributed by atoms with E-state index in [9.17, 15) is 0 Å². The summed E-state index contributed by atoms with van der Waals surface area (Å²) in [6.45, 7) is 2.16. The third-order valence-corrected chi connectivity index (χ3v) is 3.95. The van der Waals surface area contributed by atoms with Gasteiger partial charge in [-0.25, -0.2) is 0 Å². The zero-order chi connectivity index (χ0) is 12.1. The van der Waals surface area contributed by atoms with Gasteiger partial charge < -0.3 is 9.47 Å². The number of hydrogen-bond donors (Lipinski definition) is 0. The van der Waals surface area contributed by atoms with Crippen molar-refractivity contribution >= 4 is 31.9 Å². The molecule has 0 radical (unpaired) electrons. The summed E-state index contributed by atoms with van der Waals surface area (Å²) in [5.41, 5.74) is 1.13. The van der Waals surface area contributed by atoms with Gasteiger partial charge in [-0.05, 0) is 34.5 Å². The van der Waals surface area contributed by atoms with E-state index in [0.717, 1.165) is 34.4 Å². The predicted octanol–water partition coefficient (Wildman–Crippen LogP) is 4.70. The lowest BCUT2D eigenvalue weighted by Crippen LogP contribution is -1.97. The Kier molecular flexibility index (Phi) is 5.62. The summed E-state index contributed by atoms with van der Waals surface area (Å²) in [6.07, 6.45) is 2.19. The molecule has 0 bridgehead atoms. The molecule has 0 aliphatic rings. The first-order chi connectivity index (χ1) is 7.63. The Morgan fingerprint density at radius 3 is 2.31 bits per heavy atom. The normalized spacial score (nSPS) is 12.3. The largest absolute Gasteiger partial charge is 0.496 e. The van der Waals surface area contributed by atoms with Gasteiger partial charge in [-0.2, -0.15) is 0 Å². The van der Waals surface area contributed by atoms with Crippen molar-refractivity contribution in [1.29, 1.82) is 0 Å². The van der Waals surface area contributed by atoms with Crippen molar-refractivity contribution in [2.75, 3.05) is 14.2 Å². The quantitative estimate of drug-likeness (QED) is 0.715. The van der Waals surface area contributed by atoms with Gasteiger partial charge in [-0.1, -0.05) is 29.3 Å². The summed E-state index contributed by atoms with van der Waals surface area (Å²) in [5.74, 6) is 1.71. The predicted molar refractivity (Wildman–Crippen MR) is 73.8 cm³/mol. The number of benzene rings is 1. The van der Waals surface area contributed by atoms with E-state index in [1.807, 2.05) is 12.1 Å². The van der Waals surface area contributed by atoms with Crippen molar-refractivity contribution < 1.29 is 9.47 Å². The number of hydrogen-bond acceptors (Lipinski definition) is 2. The molecular weight excluding hydrogens is 336 g/mol. The number of ether oxygens (including phenoxy) is 2. The lowest BCUT2D eigenvalue weighted by atomic mass is 10.1. The van der Waals surface area contributed by atoms with Crippen molar-refractivity contribution in [3.05, 3.63) is 22.2 Å². The number of halogens is 2. The van der Waals surface area contributed by atoms with Crippen molar-refractivity contribution in [3.8, 4) is 11.5 Å². The fraction of sp³-hybridized carbons (Fsp3) is 0.500. The monoisotopic (exact) mass is 350 g/mol. The van der Waals surface area contributed by atoms with E-state index in [0.29, 0.717) is 4.83 Å². The zero-order valence-electron chi connectivity index (χ0n) is 9.72. The van der Waals surface area contributed by atoms with Crippen molar-refractivity contribution in [3.63, 3.8) is 0 Å². The van der Waals surface area contributed by atoms with Crippen molar-refractivity contribution in [2.24, 2.45) is 0 Å². The van der Waals surface area contributed by atoms with E-state index < -0.39 is 0 Å². The molecule has 16 heavy (non-hydrogen) atoms. The van der Waals surface area contributed by atoms with E-state index in [4.69, 9.17) is 9.47 Å². The molecule has 0 saturated heterocycles. The Labute approximate surface area is 114 Å². The fourth-order valence-corrected chi connectivity index (χ4v) is 2.84. The summed E-state index contributed by atoms with van der Waals surface area (Å²) < 4.78 is 11.6. The molecule has 4 heteroatoms. The van der Waals surface area contributed by atoms with Gasteiger partial charge in [-0.3, -0.25) is 0 Å². The SMILES string of the molecule is CCCC(Br)c1cc(OC)c(Br)cc1OC. The zero-order valence-corrected chi connectivity index (χ0v) is 12.9. The second-order valence-electron chi connectivity index (χ2n) is 3.48. The topological polar surface area (TPSA) is 18.5 Å². The maximum atomic E-state index is 5.38. The third kappa shape index (κ3) is 3.14. The minimum atomic E-state index is 0.300. The lowest BCUT2D eigenvalue weighted by Gasteiger charge is -2.16. The van der Waals surface area contributed by atoms with Crippen LogP contribution in [0, 0.1) is 0 Å². The van der Waals surface area contributed by atoms with Crippen LogP contribution in [0.4, 0.5) is 0 Å². The van der Waals surface area contributed by atoms with Crippen LogP contribution in [-0.2, 0) is 0 Å². The van der Waals surface area contributed by atoms with Gasteiger partial charge in [-0.15, -0.1) is 0 Å². The van der Waals surface area contributed by atoms with E-state index in [-0.39, 0.29) is 0 Å². The molecule has 1 atom stereocenters. The molecule has 1 unspecified atom stereocenters. The number of alkyl halides is 1. The van der Waals surface area contributed by atoms with Gasteiger partial charge in [0.25, 0.3) is 0 Å². The second-order valence-corrected chi connectivity index (χ2v) is 5.44. The third-order valence-electron chi connectivity index (χ3n) is 2.38. The molecule has 1 aromatic rings. The first kappa shape index (κ1) is 13.8. The summed E-state index contributed by atoms with van der Waals surface area (Å²) >= 11 is 7.12. The van der Waals surface area contributed by atoms with Crippen LogP contribution in [-0.4, -0.2) is 14.2 Å². The van der Waals surface area contributed by atoms with Gasteiger partial charge in [0.05, 0.1) is 18.7 Å². The summed E-state index contributed by atoms with van der Waals surface area (Å²) in [4.78, 5) is 0.300. The van der Waals surface area contributed by atoms with Crippen molar-refractivity contribution in [1.82, 2.24) is 0 Å². The van der Waals surface area contributed by atoms with Crippen LogP contribution >= 0.6 is 31.9 Å². The average molecular weight is 352 g/mol. The summed E-state index contributed by atoms with van der Waals surface area (Å²) in [6, 6.07) is 3.95. The molecule has 2 nitrogen and oxygen atoms in total. The van der Waals surface area contributed by atoms with E-state index >= 15 is 0 Å². The second kappa shape index (κ2) is 6.50. The van der Waals surface area contributed by atoms with Crippen LogP contribution < -0.4 is 9.47 Å². The smallest absolute Gasteiger partial charge is 0.133 e. The van der Waals surface area contributed by atoms with Crippen LogP contribution in [0.15, 0.2) is 16.6 Å². The Balaban J connectivity index is 3.13. The minimum Gasteiger partial charge on any atom is -0.496 e. The average Bonchev–Trinajstić information content (AvgIpc) is 2.28. The first-order valence-electron chi connectivity index (χ1n) is 5.19. The number of rotatable bonds is 5. The molecule has 1 rings (SSSR count). The summed E-state index contributed by atoms with van der Waals surface area (Å²) in [7, 11) is 3.35. The highest BCUT2D eigenvalue weighted by Gasteiger charge is 2.15. The maximum Gasteiger partial charge on any atom is 0.133 e. The van der Waals surface area contributed by atoms with Gasteiger partial charge >= 0.3 is 0 Å².